The number of anilines is 3. The number of hydrogen-bond donors (Lipinski definition) is 0. The molecule has 0 fully saturated rings. The number of furan rings is 1. The summed E-state index contributed by atoms with van der Waals surface area (Å²) in [4.78, 5) is 1.89. The van der Waals surface area contributed by atoms with Crippen molar-refractivity contribution < 1.29 is 9.90 Å². The van der Waals surface area contributed by atoms with E-state index >= 15 is 0 Å². The van der Waals surface area contributed by atoms with Crippen LogP contribution in [0.2, 0.25) is 0 Å². The first kappa shape index (κ1) is 26.2. The van der Waals surface area contributed by atoms with Crippen LogP contribution in [0.15, 0.2) is 186 Å². The minimum absolute atomic E-state index is 0.0937. The summed E-state index contributed by atoms with van der Waals surface area (Å²) in [7, 11) is 0. The fourth-order valence-electron chi connectivity index (χ4n) is 7.70. The topological polar surface area (TPSA) is 16.4 Å². The Hall–Kier alpha value is -6.64. The summed E-state index contributed by atoms with van der Waals surface area (Å²) in [6.07, 6.45) is 6.49. The molecule has 246 valence electrons. The lowest BCUT2D eigenvalue weighted by atomic mass is 9.90. The van der Waals surface area contributed by atoms with Crippen LogP contribution in [-0.4, -0.2) is 0 Å². The first-order chi connectivity index (χ1) is 27.5. The van der Waals surface area contributed by atoms with Crippen LogP contribution in [-0.2, 0) is 6.42 Å². The molecule has 0 bridgehead atoms. The smallest absolute Gasteiger partial charge is 0.136 e. The van der Waals surface area contributed by atoms with E-state index in [1.54, 1.807) is 0 Å². The number of rotatable bonds is 6. The second-order valence-corrected chi connectivity index (χ2v) is 13.3. The van der Waals surface area contributed by atoms with Crippen LogP contribution in [0.5, 0.6) is 0 Å². The van der Waals surface area contributed by atoms with E-state index in [0.717, 1.165) is 73.5 Å². The Bertz CT molecular complexity index is 2990. The quantitative estimate of drug-likeness (QED) is 0.175. The molecule has 0 N–H and O–H groups in total. The summed E-state index contributed by atoms with van der Waals surface area (Å²) in [5.41, 5.74) is 10.7. The monoisotopic (exact) mass is 669 g/mol. The largest absolute Gasteiger partial charge is 0.456 e. The van der Waals surface area contributed by atoms with Crippen LogP contribution in [0, 0.1) is 0 Å². The highest BCUT2D eigenvalue weighted by Gasteiger charge is 2.21. The molecule has 2 heteroatoms. The van der Waals surface area contributed by atoms with E-state index in [4.69, 9.17) is 4.42 Å². The van der Waals surface area contributed by atoms with Crippen molar-refractivity contribution >= 4 is 55.8 Å². The second kappa shape index (κ2) is 12.6. The van der Waals surface area contributed by atoms with E-state index in [9.17, 15) is 5.48 Å². The molecule has 0 aliphatic heterocycles. The highest BCUT2D eigenvalue weighted by Crippen LogP contribution is 2.46. The van der Waals surface area contributed by atoms with Gasteiger partial charge in [0.05, 0.1) is 11.2 Å². The van der Waals surface area contributed by atoms with E-state index in [2.05, 4.69) is 78.9 Å². The highest BCUT2D eigenvalue weighted by molar-refractivity contribution is 6.16. The molecular formula is C50H35NO. The molecule has 52 heavy (non-hydrogen) atoms. The zero-order valence-corrected chi connectivity index (χ0v) is 28.4. The summed E-state index contributed by atoms with van der Waals surface area (Å²) in [5.74, 6) is 0. The molecule has 0 spiro atoms. The minimum atomic E-state index is -0.121. The lowest BCUT2D eigenvalue weighted by Gasteiger charge is -2.28. The van der Waals surface area contributed by atoms with Crippen LogP contribution in [0.1, 0.15) is 23.0 Å². The lowest BCUT2D eigenvalue weighted by Crippen LogP contribution is -2.11. The number of benzene rings is 8. The van der Waals surface area contributed by atoms with E-state index in [1.165, 1.54) is 11.1 Å². The van der Waals surface area contributed by atoms with Crippen molar-refractivity contribution in [3.05, 3.63) is 193 Å². The number of para-hydroxylation sites is 1. The van der Waals surface area contributed by atoms with Crippen LogP contribution in [0.25, 0.3) is 72.2 Å². The van der Waals surface area contributed by atoms with Crippen LogP contribution in [0.4, 0.5) is 17.1 Å². The third-order valence-electron chi connectivity index (χ3n) is 10.2. The molecule has 1 aromatic heterocycles. The second-order valence-electron chi connectivity index (χ2n) is 13.3. The number of hydrogen-bond acceptors (Lipinski definition) is 2. The van der Waals surface area contributed by atoms with Crippen molar-refractivity contribution in [1.82, 2.24) is 0 Å². The number of nitrogens with zero attached hydrogens (tertiary/aromatic N) is 1. The maximum absolute atomic E-state index is 9.54. The van der Waals surface area contributed by atoms with Gasteiger partial charge < -0.3 is 9.32 Å². The van der Waals surface area contributed by atoms with Gasteiger partial charge in [-0.25, -0.2) is 0 Å². The van der Waals surface area contributed by atoms with Crippen LogP contribution < -0.4 is 4.90 Å². The molecule has 0 radical (unpaired) electrons. The van der Waals surface area contributed by atoms with Crippen molar-refractivity contribution in [2.75, 3.05) is 4.90 Å². The van der Waals surface area contributed by atoms with E-state index in [-0.39, 0.29) is 35.4 Å². The van der Waals surface area contributed by atoms with Gasteiger partial charge in [-0.15, -0.1) is 0 Å². The van der Waals surface area contributed by atoms with Crippen LogP contribution in [0.3, 0.4) is 0 Å². The zero-order valence-electron chi connectivity index (χ0n) is 32.4. The fourth-order valence-corrected chi connectivity index (χ4v) is 7.70. The predicted octanol–water partition coefficient (Wildman–Crippen LogP) is 14.2. The predicted molar refractivity (Wildman–Crippen MR) is 220 cm³/mol. The molecule has 1 aliphatic rings. The summed E-state index contributed by atoms with van der Waals surface area (Å²) < 4.78 is 44.2. The zero-order chi connectivity index (χ0) is 37.9. The van der Waals surface area contributed by atoms with Crippen molar-refractivity contribution in [1.29, 1.82) is 0 Å². The van der Waals surface area contributed by atoms with Gasteiger partial charge in [0.2, 0.25) is 0 Å². The van der Waals surface area contributed by atoms with E-state index in [1.807, 2.05) is 89.8 Å². The van der Waals surface area contributed by atoms with E-state index in [0.29, 0.717) is 11.3 Å². The average molecular weight is 670 g/mol. The SMILES string of the molecule is [2H]c1c([2H])c(N(c2ccc(-c3cccc4c3C=CCC4)cc2)c2ccccc2-c2cccc3oc4cc5ccccc5cc4c23)c([2H])c([2H])c1-c1ccccc1. The van der Waals surface area contributed by atoms with Crippen molar-refractivity contribution in [3.8, 4) is 33.4 Å². The van der Waals surface area contributed by atoms with Crippen molar-refractivity contribution in [3.63, 3.8) is 0 Å². The molecule has 8 aromatic carbocycles. The van der Waals surface area contributed by atoms with Gasteiger partial charge in [0.25, 0.3) is 0 Å². The molecule has 0 saturated carbocycles. The fraction of sp³-hybridized carbons (Fsp3) is 0.0400. The first-order valence-corrected chi connectivity index (χ1v) is 17.7. The van der Waals surface area contributed by atoms with Crippen molar-refractivity contribution in [2.24, 2.45) is 0 Å². The Morgan fingerprint density at radius 2 is 1.23 bits per heavy atom. The average Bonchev–Trinajstić information content (AvgIpc) is 3.61. The molecule has 1 heterocycles. The Balaban J connectivity index is 1.22. The normalized spacial score (nSPS) is 13.5. The molecule has 0 amide bonds. The molecule has 2 nitrogen and oxygen atoms in total. The van der Waals surface area contributed by atoms with E-state index < -0.39 is 0 Å². The Morgan fingerprint density at radius 3 is 2.08 bits per heavy atom. The molecule has 9 aromatic rings. The molecule has 0 atom stereocenters. The highest BCUT2D eigenvalue weighted by atomic mass is 16.3. The third-order valence-corrected chi connectivity index (χ3v) is 10.2. The van der Waals surface area contributed by atoms with Gasteiger partial charge in [-0.3, -0.25) is 0 Å². The summed E-state index contributed by atoms with van der Waals surface area (Å²) in [6, 6.07) is 50.1. The van der Waals surface area contributed by atoms with Gasteiger partial charge in [-0.2, -0.15) is 0 Å². The van der Waals surface area contributed by atoms with Gasteiger partial charge in [0.1, 0.15) is 11.2 Å². The Morgan fingerprint density at radius 1 is 0.519 bits per heavy atom. The first-order valence-electron chi connectivity index (χ1n) is 19.7. The van der Waals surface area contributed by atoms with Crippen molar-refractivity contribution in [2.45, 2.75) is 12.8 Å². The van der Waals surface area contributed by atoms with Crippen LogP contribution >= 0.6 is 0 Å². The van der Waals surface area contributed by atoms with Gasteiger partial charge in [0.15, 0.2) is 0 Å². The Kier molecular flexibility index (Phi) is 6.35. The van der Waals surface area contributed by atoms with Gasteiger partial charge in [-0.05, 0) is 111 Å². The standard InChI is InChI=1S/C50H35NO/c1-2-12-34(13-3-1)35-24-28-40(29-25-35)51(41-30-26-37(27-31-41)43-20-10-17-36-14-6-7-18-42(36)43)47-22-9-8-19-44(47)45-21-11-23-48-50(45)46-32-38-15-4-5-16-39(38)33-49(46)52-48/h1-5,7-13,15-33H,6,14H2/i24D,25D,28D,29D. The molecule has 0 unspecified atom stereocenters. The maximum atomic E-state index is 9.54. The number of allylic oxidation sites excluding steroid dienone is 1. The molecule has 1 aliphatic carbocycles. The molecular weight excluding hydrogens is 631 g/mol. The summed E-state index contributed by atoms with van der Waals surface area (Å²) in [5, 5.41) is 4.18. The lowest BCUT2D eigenvalue weighted by molar-refractivity contribution is 0.669. The van der Waals surface area contributed by atoms with Gasteiger partial charge >= 0.3 is 0 Å². The molecule has 10 rings (SSSR count). The summed E-state index contributed by atoms with van der Waals surface area (Å²) >= 11 is 0. The third kappa shape index (κ3) is 5.20. The minimum Gasteiger partial charge on any atom is -0.456 e. The number of aryl methyl sites for hydroxylation is 1. The molecule has 0 saturated heterocycles. The number of fused-ring (bicyclic) bond motifs is 5. The maximum Gasteiger partial charge on any atom is 0.136 e. The van der Waals surface area contributed by atoms with Gasteiger partial charge in [-0.1, -0.05) is 139 Å². The Labute approximate surface area is 309 Å². The van der Waals surface area contributed by atoms with Gasteiger partial charge in [0, 0.05) is 27.7 Å². The summed E-state index contributed by atoms with van der Waals surface area (Å²) in [6.45, 7) is 0.